The van der Waals surface area contributed by atoms with Gasteiger partial charge in [-0.25, -0.2) is 4.98 Å². The molecule has 4 N–H and O–H groups in total. The van der Waals surface area contributed by atoms with Crippen molar-refractivity contribution in [2.75, 3.05) is 0 Å². The van der Waals surface area contributed by atoms with E-state index in [0.717, 1.165) is 41.8 Å². The predicted octanol–water partition coefficient (Wildman–Crippen LogP) is 4.16. The lowest BCUT2D eigenvalue weighted by Gasteiger charge is -2.16. The molecule has 0 aliphatic carbocycles. The van der Waals surface area contributed by atoms with Crippen molar-refractivity contribution in [3.63, 3.8) is 0 Å². The molecule has 0 spiro atoms. The fourth-order valence-electron chi connectivity index (χ4n) is 4.13. The average Bonchev–Trinajstić information content (AvgIpc) is 3.64. The fraction of sp³-hybridized carbons (Fsp3) is 0.370. The number of aromatic amines is 1. The molecule has 3 heterocycles. The number of hydrogen-bond acceptors (Lipinski definition) is 5. The second-order valence-corrected chi connectivity index (χ2v) is 9.53. The molecule has 3 aromatic heterocycles. The van der Waals surface area contributed by atoms with Crippen molar-refractivity contribution in [3.05, 3.63) is 66.5 Å². The largest absolute Gasteiger partial charge is 0.370 e. The molecule has 37 heavy (non-hydrogen) atoms. The Hall–Kier alpha value is -4.21. The molecule has 0 aliphatic heterocycles. The van der Waals surface area contributed by atoms with E-state index in [9.17, 15) is 9.59 Å². The standard InChI is InChI=1S/C27H34N8O2/c1-18(2)35-17-21(15-30-35)27(37)32-23(7-5-4-6-8-25(28)36)26-29-16-24(31-26)20-11-9-19(10-12-20)22-13-14-34(3)33-22/h9-18,23H,4-8H2,1-3H3,(H2,28,36)(H,29,31)(H,32,37)/t23-/m0/s1. The van der Waals surface area contributed by atoms with Crippen LogP contribution >= 0.6 is 0 Å². The number of primary amides is 1. The highest BCUT2D eigenvalue weighted by atomic mass is 16.2. The zero-order valence-corrected chi connectivity index (χ0v) is 21.5. The number of imidazole rings is 1. The second kappa shape index (κ2) is 11.7. The molecule has 1 atom stereocenters. The van der Waals surface area contributed by atoms with Gasteiger partial charge >= 0.3 is 0 Å². The van der Waals surface area contributed by atoms with Crippen LogP contribution in [0.2, 0.25) is 0 Å². The number of benzene rings is 1. The number of nitrogens with zero attached hydrogens (tertiary/aromatic N) is 5. The third-order valence-electron chi connectivity index (χ3n) is 6.24. The minimum atomic E-state index is -0.315. The Morgan fingerprint density at radius 1 is 1.05 bits per heavy atom. The van der Waals surface area contributed by atoms with Crippen LogP contribution in [0.3, 0.4) is 0 Å². The third-order valence-corrected chi connectivity index (χ3v) is 6.24. The number of unbranched alkanes of at least 4 members (excludes halogenated alkanes) is 2. The Labute approximate surface area is 216 Å². The molecule has 194 valence electrons. The maximum Gasteiger partial charge on any atom is 0.255 e. The quantitative estimate of drug-likeness (QED) is 0.250. The summed E-state index contributed by atoms with van der Waals surface area (Å²) in [5, 5.41) is 11.8. The van der Waals surface area contributed by atoms with Crippen LogP contribution in [0.4, 0.5) is 0 Å². The summed E-state index contributed by atoms with van der Waals surface area (Å²) < 4.78 is 3.54. The first-order chi connectivity index (χ1) is 17.8. The van der Waals surface area contributed by atoms with Crippen LogP contribution in [-0.4, -0.2) is 41.3 Å². The predicted molar refractivity (Wildman–Crippen MR) is 141 cm³/mol. The van der Waals surface area contributed by atoms with Gasteiger partial charge in [-0.05, 0) is 38.3 Å². The van der Waals surface area contributed by atoms with Gasteiger partial charge in [0.25, 0.3) is 5.91 Å². The smallest absolute Gasteiger partial charge is 0.255 e. The highest BCUT2D eigenvalue weighted by Gasteiger charge is 2.20. The lowest BCUT2D eigenvalue weighted by atomic mass is 10.1. The first-order valence-electron chi connectivity index (χ1n) is 12.6. The second-order valence-electron chi connectivity index (χ2n) is 9.53. The summed E-state index contributed by atoms with van der Waals surface area (Å²) in [6.07, 6.45) is 10.5. The Kier molecular flexibility index (Phi) is 8.17. The average molecular weight is 503 g/mol. The highest BCUT2D eigenvalue weighted by molar-refractivity contribution is 5.93. The van der Waals surface area contributed by atoms with Crippen molar-refractivity contribution in [2.45, 2.75) is 58.0 Å². The number of aromatic nitrogens is 6. The molecule has 0 saturated carbocycles. The van der Waals surface area contributed by atoms with E-state index in [0.29, 0.717) is 24.2 Å². The first-order valence-corrected chi connectivity index (χ1v) is 12.6. The fourth-order valence-corrected chi connectivity index (χ4v) is 4.13. The van der Waals surface area contributed by atoms with Crippen LogP contribution in [0.15, 0.2) is 55.1 Å². The maximum atomic E-state index is 13.0. The molecule has 10 heteroatoms. The minimum Gasteiger partial charge on any atom is -0.370 e. The van der Waals surface area contributed by atoms with Crippen LogP contribution in [-0.2, 0) is 11.8 Å². The van der Waals surface area contributed by atoms with Crippen LogP contribution < -0.4 is 11.1 Å². The molecule has 4 aromatic rings. The molecule has 1 aromatic carbocycles. The minimum absolute atomic E-state index is 0.166. The Balaban J connectivity index is 1.48. The molecular formula is C27H34N8O2. The molecule has 0 unspecified atom stereocenters. The van der Waals surface area contributed by atoms with Gasteiger partial charge in [0.2, 0.25) is 5.91 Å². The van der Waals surface area contributed by atoms with Gasteiger partial charge in [-0.2, -0.15) is 10.2 Å². The Morgan fingerprint density at radius 2 is 1.81 bits per heavy atom. The van der Waals surface area contributed by atoms with Gasteiger partial charge in [0, 0.05) is 37.5 Å². The van der Waals surface area contributed by atoms with E-state index in [1.165, 1.54) is 0 Å². The topological polar surface area (TPSA) is 137 Å². The summed E-state index contributed by atoms with van der Waals surface area (Å²) in [6.45, 7) is 4.02. The molecule has 10 nitrogen and oxygen atoms in total. The van der Waals surface area contributed by atoms with Gasteiger partial charge in [0.05, 0.1) is 35.4 Å². The molecule has 2 amide bonds. The molecule has 0 aliphatic rings. The molecule has 0 radical (unpaired) electrons. The molecule has 0 fully saturated rings. The summed E-state index contributed by atoms with van der Waals surface area (Å²) in [6, 6.07) is 9.94. The zero-order valence-electron chi connectivity index (χ0n) is 21.5. The van der Waals surface area contributed by atoms with Gasteiger partial charge in [-0.3, -0.25) is 19.0 Å². The van der Waals surface area contributed by atoms with Gasteiger partial charge < -0.3 is 16.0 Å². The van der Waals surface area contributed by atoms with Crippen LogP contribution in [0, 0.1) is 0 Å². The summed E-state index contributed by atoms with van der Waals surface area (Å²) in [7, 11) is 1.90. The van der Waals surface area contributed by atoms with E-state index in [4.69, 9.17) is 5.73 Å². The first kappa shape index (κ1) is 25.9. The molecular weight excluding hydrogens is 468 g/mol. The van der Waals surface area contributed by atoms with Gasteiger partial charge in [-0.1, -0.05) is 37.1 Å². The van der Waals surface area contributed by atoms with Crippen LogP contribution in [0.25, 0.3) is 22.5 Å². The number of carbonyl (C=O) groups is 2. The van der Waals surface area contributed by atoms with Crippen LogP contribution in [0.5, 0.6) is 0 Å². The summed E-state index contributed by atoms with van der Waals surface area (Å²) >= 11 is 0. The summed E-state index contributed by atoms with van der Waals surface area (Å²) in [5.74, 6) is 0.187. The van der Waals surface area contributed by atoms with Crippen molar-refractivity contribution in [3.8, 4) is 22.5 Å². The molecule has 0 bridgehead atoms. The lowest BCUT2D eigenvalue weighted by Crippen LogP contribution is -2.29. The van der Waals surface area contributed by atoms with E-state index in [1.807, 2.05) is 57.4 Å². The van der Waals surface area contributed by atoms with Crippen molar-refractivity contribution < 1.29 is 9.59 Å². The maximum absolute atomic E-state index is 13.0. The van der Waals surface area contributed by atoms with E-state index in [2.05, 4.69) is 25.5 Å². The van der Waals surface area contributed by atoms with E-state index >= 15 is 0 Å². The number of rotatable bonds is 12. The Morgan fingerprint density at radius 3 is 2.46 bits per heavy atom. The summed E-state index contributed by atoms with van der Waals surface area (Å²) in [4.78, 5) is 32.1. The van der Waals surface area contributed by atoms with Crippen LogP contribution in [0.1, 0.15) is 74.2 Å². The number of nitrogens with two attached hydrogens (primary N) is 1. The van der Waals surface area contributed by atoms with Gasteiger partial charge in [0.15, 0.2) is 0 Å². The molecule has 0 saturated heterocycles. The van der Waals surface area contributed by atoms with E-state index < -0.39 is 0 Å². The van der Waals surface area contributed by atoms with Gasteiger partial charge in [0.1, 0.15) is 5.82 Å². The van der Waals surface area contributed by atoms with Crippen molar-refractivity contribution in [2.24, 2.45) is 12.8 Å². The number of aryl methyl sites for hydroxylation is 1. The van der Waals surface area contributed by atoms with Crippen molar-refractivity contribution in [1.82, 2.24) is 34.8 Å². The Bertz CT molecular complexity index is 1330. The van der Waals surface area contributed by atoms with E-state index in [1.54, 1.807) is 28.0 Å². The zero-order chi connectivity index (χ0) is 26.4. The molecule has 4 rings (SSSR count). The third kappa shape index (κ3) is 6.72. The van der Waals surface area contributed by atoms with Gasteiger partial charge in [-0.15, -0.1) is 0 Å². The number of nitrogens with one attached hydrogen (secondary N) is 2. The number of amides is 2. The number of H-pyrrole nitrogens is 1. The SMILES string of the molecule is CC(C)n1cc(C(=O)N[C@@H](CCCCCC(N)=O)c2ncc(-c3ccc(-c4ccn(C)n4)cc3)[nH]2)cn1. The lowest BCUT2D eigenvalue weighted by molar-refractivity contribution is -0.118. The number of carbonyl (C=O) groups excluding carboxylic acids is 2. The highest BCUT2D eigenvalue weighted by Crippen LogP contribution is 2.25. The van der Waals surface area contributed by atoms with E-state index in [-0.39, 0.29) is 23.9 Å². The van der Waals surface area contributed by atoms with Crippen molar-refractivity contribution in [1.29, 1.82) is 0 Å². The normalized spacial score (nSPS) is 12.1. The van der Waals surface area contributed by atoms with Crippen molar-refractivity contribution >= 4 is 11.8 Å². The monoisotopic (exact) mass is 502 g/mol. The summed E-state index contributed by atoms with van der Waals surface area (Å²) in [5.41, 5.74) is 9.56. The number of hydrogen-bond donors (Lipinski definition) is 3.